The Bertz CT molecular complexity index is 1500. The first-order valence-corrected chi connectivity index (χ1v) is 12.1. The Labute approximate surface area is 218 Å². The van der Waals surface area contributed by atoms with E-state index in [0.29, 0.717) is 39.3 Å². The molecule has 37 heavy (non-hydrogen) atoms. The van der Waals surface area contributed by atoms with Crippen LogP contribution in [0.4, 0.5) is 0 Å². The molecule has 7 nitrogen and oxygen atoms in total. The summed E-state index contributed by atoms with van der Waals surface area (Å²) in [6.07, 6.45) is 0.489. The third-order valence-corrected chi connectivity index (χ3v) is 6.31. The maximum Gasteiger partial charge on any atom is 0.340 e. The van der Waals surface area contributed by atoms with Crippen LogP contribution in [0.1, 0.15) is 27.8 Å². The Morgan fingerprint density at radius 1 is 1.03 bits per heavy atom. The Morgan fingerprint density at radius 2 is 1.73 bits per heavy atom. The molecule has 2 N–H and O–H groups in total. The molecule has 0 unspecified atom stereocenters. The highest BCUT2D eigenvalue weighted by molar-refractivity contribution is 6.30. The van der Waals surface area contributed by atoms with E-state index < -0.39 is 30.2 Å². The molecule has 1 heterocycles. The molecule has 4 aromatic rings. The molecule has 1 atom stereocenters. The van der Waals surface area contributed by atoms with Gasteiger partial charge in [-0.15, -0.1) is 0 Å². The zero-order valence-electron chi connectivity index (χ0n) is 20.4. The molecule has 190 valence electrons. The topological polar surface area (TPSA) is 106 Å². The van der Waals surface area contributed by atoms with Crippen LogP contribution >= 0.6 is 11.6 Å². The van der Waals surface area contributed by atoms with E-state index in [4.69, 9.17) is 20.8 Å². The molecule has 0 fully saturated rings. The molecule has 4 rings (SSSR count). The minimum Gasteiger partial charge on any atom is -0.483 e. The van der Waals surface area contributed by atoms with Gasteiger partial charge in [-0.3, -0.25) is 4.79 Å². The molecule has 8 heteroatoms. The lowest BCUT2D eigenvalue weighted by Gasteiger charge is -2.17. The first-order valence-electron chi connectivity index (χ1n) is 11.7. The van der Waals surface area contributed by atoms with Gasteiger partial charge in [-0.1, -0.05) is 54.1 Å². The fourth-order valence-corrected chi connectivity index (χ4v) is 4.32. The van der Waals surface area contributed by atoms with Crippen LogP contribution in [0.15, 0.2) is 75.9 Å². The van der Waals surface area contributed by atoms with Crippen LogP contribution in [-0.4, -0.2) is 29.6 Å². The number of aliphatic carboxylic acids is 1. The zero-order valence-corrected chi connectivity index (χ0v) is 21.2. The van der Waals surface area contributed by atoms with E-state index in [1.165, 1.54) is 0 Å². The minimum absolute atomic E-state index is 0.0960. The lowest BCUT2D eigenvalue weighted by atomic mass is 9.98. The Morgan fingerprint density at radius 3 is 2.41 bits per heavy atom. The fraction of sp³-hybridized carbons (Fsp3) is 0.207. The van der Waals surface area contributed by atoms with Gasteiger partial charge < -0.3 is 19.6 Å². The number of carbonyl (C=O) groups is 2. The van der Waals surface area contributed by atoms with Gasteiger partial charge in [0.1, 0.15) is 17.4 Å². The Balaban J connectivity index is 1.55. The fourth-order valence-electron chi connectivity index (χ4n) is 4.19. The molecule has 0 aliphatic heterocycles. The number of hydrogen-bond acceptors (Lipinski definition) is 5. The van der Waals surface area contributed by atoms with Crippen molar-refractivity contribution in [3.05, 3.63) is 110 Å². The number of nitrogens with one attached hydrogen (secondary N) is 1. The van der Waals surface area contributed by atoms with Crippen molar-refractivity contribution in [2.75, 3.05) is 6.61 Å². The summed E-state index contributed by atoms with van der Waals surface area (Å²) in [5, 5.41) is 13.2. The van der Waals surface area contributed by atoms with Crippen molar-refractivity contribution in [3.8, 4) is 5.75 Å². The lowest BCUT2D eigenvalue weighted by molar-refractivity contribution is -0.142. The molecule has 1 aromatic heterocycles. The molecule has 0 spiro atoms. The van der Waals surface area contributed by atoms with Gasteiger partial charge in [0, 0.05) is 23.4 Å². The maximum absolute atomic E-state index is 12.8. The highest BCUT2D eigenvalue weighted by Crippen LogP contribution is 2.31. The van der Waals surface area contributed by atoms with E-state index in [1.54, 1.807) is 36.4 Å². The van der Waals surface area contributed by atoms with Gasteiger partial charge in [0.25, 0.3) is 5.91 Å². The monoisotopic (exact) mass is 519 g/mol. The minimum atomic E-state index is -1.16. The second-order valence-electron chi connectivity index (χ2n) is 8.87. The molecule has 0 radical (unpaired) electrons. The summed E-state index contributed by atoms with van der Waals surface area (Å²) >= 11 is 5.89. The summed E-state index contributed by atoms with van der Waals surface area (Å²) < 4.78 is 11.5. The predicted octanol–water partition coefficient (Wildman–Crippen LogP) is 4.84. The van der Waals surface area contributed by atoms with Crippen molar-refractivity contribution in [3.63, 3.8) is 0 Å². The number of fused-ring (bicyclic) bond motifs is 1. The smallest absolute Gasteiger partial charge is 0.340 e. The highest BCUT2D eigenvalue weighted by Gasteiger charge is 2.22. The van der Waals surface area contributed by atoms with Gasteiger partial charge in [0.15, 0.2) is 6.61 Å². The van der Waals surface area contributed by atoms with Crippen LogP contribution in [0.5, 0.6) is 5.75 Å². The second kappa shape index (κ2) is 11.3. The molecular formula is C29H26ClNO6. The van der Waals surface area contributed by atoms with E-state index in [-0.39, 0.29) is 6.42 Å². The van der Waals surface area contributed by atoms with Crippen molar-refractivity contribution in [1.82, 2.24) is 5.32 Å². The van der Waals surface area contributed by atoms with E-state index in [2.05, 4.69) is 5.32 Å². The number of carboxylic acids is 1. The van der Waals surface area contributed by atoms with Crippen molar-refractivity contribution in [2.24, 2.45) is 0 Å². The maximum atomic E-state index is 12.8. The summed E-state index contributed by atoms with van der Waals surface area (Å²) in [4.78, 5) is 37.2. The van der Waals surface area contributed by atoms with Gasteiger partial charge in [-0.2, -0.15) is 0 Å². The molecule has 0 aliphatic rings. The van der Waals surface area contributed by atoms with Gasteiger partial charge >= 0.3 is 11.6 Å². The number of benzene rings is 3. The third kappa shape index (κ3) is 6.37. The number of carboxylic acid groups (broad SMARTS) is 1. The number of halogens is 1. The summed E-state index contributed by atoms with van der Waals surface area (Å²) in [6, 6.07) is 18.7. The first kappa shape index (κ1) is 26.0. The van der Waals surface area contributed by atoms with Crippen molar-refractivity contribution in [1.29, 1.82) is 0 Å². The number of ether oxygens (including phenoxy) is 1. The van der Waals surface area contributed by atoms with Crippen molar-refractivity contribution >= 4 is 34.4 Å². The molecule has 0 aliphatic carbocycles. The van der Waals surface area contributed by atoms with Crippen LogP contribution in [0.3, 0.4) is 0 Å². The third-order valence-electron chi connectivity index (χ3n) is 6.06. The number of rotatable bonds is 9. The van der Waals surface area contributed by atoms with E-state index in [1.807, 2.05) is 44.2 Å². The molecule has 1 amide bonds. The first-order chi connectivity index (χ1) is 17.7. The summed E-state index contributed by atoms with van der Waals surface area (Å²) in [5.41, 5.74) is 3.62. The van der Waals surface area contributed by atoms with Crippen LogP contribution in [0, 0.1) is 13.8 Å². The Kier molecular flexibility index (Phi) is 7.94. The number of amides is 1. The molecule has 0 saturated heterocycles. The van der Waals surface area contributed by atoms with Gasteiger partial charge in [-0.05, 0) is 60.4 Å². The molecule has 3 aromatic carbocycles. The second-order valence-corrected chi connectivity index (χ2v) is 9.31. The largest absolute Gasteiger partial charge is 0.483 e. The number of aryl methyl sites for hydroxylation is 2. The predicted molar refractivity (Wildman–Crippen MR) is 141 cm³/mol. The summed E-state index contributed by atoms with van der Waals surface area (Å²) in [5.74, 6) is -1.37. The van der Waals surface area contributed by atoms with Crippen LogP contribution in [0.2, 0.25) is 5.02 Å². The molecule has 0 bridgehead atoms. The van der Waals surface area contributed by atoms with Crippen LogP contribution < -0.4 is 15.7 Å². The van der Waals surface area contributed by atoms with Crippen LogP contribution in [-0.2, 0) is 22.4 Å². The zero-order chi connectivity index (χ0) is 26.5. The van der Waals surface area contributed by atoms with Gasteiger partial charge in [-0.25, -0.2) is 9.59 Å². The lowest BCUT2D eigenvalue weighted by Crippen LogP contribution is -2.44. The average Bonchev–Trinajstić information content (AvgIpc) is 2.86. The standard InChI is InChI=1S/C29H26ClNO6/c1-17-12-24(36-16-26(32)31-23(28(33)34)15-20-8-10-21(30)11-9-20)27-18(2)22(29(35)37-25(27)13-17)14-19-6-4-3-5-7-19/h3-13,23H,14-16H2,1-2H3,(H,31,32)(H,33,34)/t23-/m1/s1. The molecule has 0 saturated carbocycles. The molecular weight excluding hydrogens is 494 g/mol. The van der Waals surface area contributed by atoms with Gasteiger partial charge in [0.05, 0.1) is 5.39 Å². The average molecular weight is 520 g/mol. The van der Waals surface area contributed by atoms with Crippen molar-refractivity contribution in [2.45, 2.75) is 32.7 Å². The SMILES string of the molecule is Cc1cc(OCC(=O)N[C@H](Cc2ccc(Cl)cc2)C(=O)O)c2c(C)c(Cc3ccccc3)c(=O)oc2c1. The van der Waals surface area contributed by atoms with Crippen molar-refractivity contribution < 1.29 is 23.8 Å². The quantitative estimate of drug-likeness (QED) is 0.306. The highest BCUT2D eigenvalue weighted by atomic mass is 35.5. The van der Waals surface area contributed by atoms with Gasteiger partial charge in [0.2, 0.25) is 0 Å². The number of carbonyl (C=O) groups excluding carboxylic acids is 1. The summed E-state index contributed by atoms with van der Waals surface area (Å²) in [6.45, 7) is 3.24. The Hall–Kier alpha value is -4.10. The van der Waals surface area contributed by atoms with E-state index in [0.717, 1.165) is 16.7 Å². The number of hydrogen-bond donors (Lipinski definition) is 2. The van der Waals surface area contributed by atoms with Crippen LogP contribution in [0.25, 0.3) is 11.0 Å². The van der Waals surface area contributed by atoms with E-state index in [9.17, 15) is 19.5 Å². The summed E-state index contributed by atoms with van der Waals surface area (Å²) in [7, 11) is 0. The normalized spacial score (nSPS) is 11.8. The van der Waals surface area contributed by atoms with E-state index >= 15 is 0 Å².